The van der Waals surface area contributed by atoms with Crippen molar-refractivity contribution in [2.75, 3.05) is 17.4 Å². The van der Waals surface area contributed by atoms with Crippen LogP contribution in [0.5, 0.6) is 5.75 Å². The number of fused-ring (bicyclic) bond motifs is 1. The molecule has 1 amide bonds. The van der Waals surface area contributed by atoms with Crippen LogP contribution in [-0.4, -0.2) is 33.5 Å². The third-order valence-electron chi connectivity index (χ3n) is 3.71. The molecule has 0 saturated carbocycles. The number of hydrogen-bond donors (Lipinski definition) is 1. The number of carbonyl (C=O) groups excluding carboxylic acids is 1. The molecule has 0 bridgehead atoms. The van der Waals surface area contributed by atoms with Crippen LogP contribution < -0.4 is 14.4 Å². The van der Waals surface area contributed by atoms with Gasteiger partial charge >= 0.3 is 0 Å². The van der Waals surface area contributed by atoms with Crippen LogP contribution in [0.2, 0.25) is 0 Å². The summed E-state index contributed by atoms with van der Waals surface area (Å²) in [4.78, 5) is 12.3. The third kappa shape index (κ3) is 2.94. The molecule has 0 saturated heterocycles. The van der Waals surface area contributed by atoms with Crippen molar-refractivity contribution in [3.05, 3.63) is 54.6 Å². The first-order chi connectivity index (χ1) is 11.5. The Balaban J connectivity index is 2.04. The normalized spacial score (nSPS) is 16.9. The van der Waals surface area contributed by atoms with Crippen LogP contribution in [0.4, 0.5) is 5.69 Å². The Morgan fingerprint density at radius 3 is 2.54 bits per heavy atom. The first-order valence-corrected chi connectivity index (χ1v) is 9.09. The third-order valence-corrected chi connectivity index (χ3v) is 5.50. The van der Waals surface area contributed by atoms with Crippen LogP contribution in [0.1, 0.15) is 6.92 Å². The number of nitrogens with one attached hydrogen (secondary N) is 1. The van der Waals surface area contributed by atoms with Gasteiger partial charge < -0.3 is 10.1 Å². The maximum atomic E-state index is 13.0. The van der Waals surface area contributed by atoms with Gasteiger partial charge in [0, 0.05) is 6.54 Å². The number of nitrogens with zero attached hydrogens (tertiary/aromatic N) is 1. The second kappa shape index (κ2) is 6.52. The summed E-state index contributed by atoms with van der Waals surface area (Å²) < 4.78 is 33.0. The largest absolute Gasteiger partial charge is 0.476 e. The van der Waals surface area contributed by atoms with E-state index in [-0.39, 0.29) is 17.3 Å². The van der Waals surface area contributed by atoms with E-state index in [2.05, 4.69) is 5.32 Å². The predicted octanol–water partition coefficient (Wildman–Crippen LogP) is 1.78. The predicted molar refractivity (Wildman–Crippen MR) is 90.5 cm³/mol. The SMILES string of the molecule is CCNC(=O)C1CN(S(=O)(=O)c2ccccc2)c2ccccc2O1. The van der Waals surface area contributed by atoms with Crippen LogP contribution in [0, 0.1) is 0 Å². The average Bonchev–Trinajstić information content (AvgIpc) is 2.61. The van der Waals surface area contributed by atoms with Crippen molar-refractivity contribution in [2.24, 2.45) is 0 Å². The van der Waals surface area contributed by atoms with Gasteiger partial charge in [-0.1, -0.05) is 30.3 Å². The quantitative estimate of drug-likeness (QED) is 0.916. The number of carbonyl (C=O) groups is 1. The Hall–Kier alpha value is -2.54. The number of anilines is 1. The number of sulfonamides is 1. The summed E-state index contributed by atoms with van der Waals surface area (Å²) in [6.45, 7) is 2.18. The van der Waals surface area contributed by atoms with Crippen molar-refractivity contribution < 1.29 is 17.9 Å². The summed E-state index contributed by atoms with van der Waals surface area (Å²) >= 11 is 0. The highest BCUT2D eigenvalue weighted by atomic mass is 32.2. The molecule has 0 aliphatic carbocycles. The van der Waals surface area contributed by atoms with E-state index in [9.17, 15) is 13.2 Å². The summed E-state index contributed by atoms with van der Waals surface area (Å²) in [5, 5.41) is 2.67. The summed E-state index contributed by atoms with van der Waals surface area (Å²) in [5.41, 5.74) is 0.432. The van der Waals surface area contributed by atoms with Crippen molar-refractivity contribution in [3.63, 3.8) is 0 Å². The Morgan fingerprint density at radius 2 is 1.83 bits per heavy atom. The fourth-order valence-electron chi connectivity index (χ4n) is 2.57. The van der Waals surface area contributed by atoms with Crippen molar-refractivity contribution in [1.82, 2.24) is 5.32 Å². The van der Waals surface area contributed by atoms with Gasteiger partial charge in [0.1, 0.15) is 5.75 Å². The minimum atomic E-state index is -3.78. The molecule has 2 aromatic carbocycles. The average molecular weight is 346 g/mol. The molecule has 1 aliphatic rings. The molecule has 1 unspecified atom stereocenters. The van der Waals surface area contributed by atoms with Gasteiger partial charge in [-0.25, -0.2) is 8.42 Å². The van der Waals surface area contributed by atoms with E-state index >= 15 is 0 Å². The molecule has 1 heterocycles. The number of benzene rings is 2. The zero-order valence-corrected chi connectivity index (χ0v) is 14.0. The Kier molecular flexibility index (Phi) is 4.44. The highest BCUT2D eigenvalue weighted by Crippen LogP contribution is 2.36. The van der Waals surface area contributed by atoms with Gasteiger partial charge in [0.25, 0.3) is 15.9 Å². The van der Waals surface area contributed by atoms with Crippen LogP contribution in [0.3, 0.4) is 0 Å². The van der Waals surface area contributed by atoms with E-state index < -0.39 is 16.1 Å². The monoisotopic (exact) mass is 346 g/mol. The highest BCUT2D eigenvalue weighted by Gasteiger charge is 2.37. The van der Waals surface area contributed by atoms with Gasteiger partial charge in [-0.15, -0.1) is 0 Å². The van der Waals surface area contributed by atoms with Gasteiger partial charge in [0.15, 0.2) is 6.10 Å². The van der Waals surface area contributed by atoms with Crippen LogP contribution in [-0.2, 0) is 14.8 Å². The van der Waals surface area contributed by atoms with Crippen molar-refractivity contribution in [1.29, 1.82) is 0 Å². The molecule has 6 nitrogen and oxygen atoms in total. The highest BCUT2D eigenvalue weighted by molar-refractivity contribution is 7.92. The smallest absolute Gasteiger partial charge is 0.264 e. The number of rotatable bonds is 4. The fraction of sp³-hybridized carbons (Fsp3) is 0.235. The number of hydrogen-bond acceptors (Lipinski definition) is 4. The van der Waals surface area contributed by atoms with Gasteiger partial charge in [0.2, 0.25) is 0 Å². The fourth-order valence-corrected chi connectivity index (χ4v) is 4.07. The minimum absolute atomic E-state index is 0.0694. The standard InChI is InChI=1S/C17H18N2O4S/c1-2-18-17(20)16-12-19(14-10-6-7-11-15(14)23-16)24(21,22)13-8-4-3-5-9-13/h3-11,16H,2,12H2,1H3,(H,18,20). The molecule has 0 radical (unpaired) electrons. The molecular weight excluding hydrogens is 328 g/mol. The number of ether oxygens (including phenoxy) is 1. The van der Waals surface area contributed by atoms with Crippen LogP contribution in [0.25, 0.3) is 0 Å². The van der Waals surface area contributed by atoms with Crippen molar-refractivity contribution >= 4 is 21.6 Å². The minimum Gasteiger partial charge on any atom is -0.476 e. The lowest BCUT2D eigenvalue weighted by atomic mass is 10.2. The topological polar surface area (TPSA) is 75.7 Å². The molecule has 1 aliphatic heterocycles. The van der Waals surface area contributed by atoms with Crippen LogP contribution >= 0.6 is 0 Å². The Morgan fingerprint density at radius 1 is 1.17 bits per heavy atom. The van der Waals surface area contributed by atoms with Gasteiger partial charge in [-0.2, -0.15) is 0 Å². The second-order valence-corrected chi connectivity index (χ2v) is 7.18. The molecule has 1 N–H and O–H groups in total. The zero-order valence-electron chi connectivity index (χ0n) is 13.2. The lowest BCUT2D eigenvalue weighted by Crippen LogP contribution is -2.50. The summed E-state index contributed by atoms with van der Waals surface area (Å²) in [5.74, 6) is 0.0415. The van der Waals surface area contributed by atoms with Gasteiger partial charge in [0.05, 0.1) is 17.1 Å². The second-order valence-electron chi connectivity index (χ2n) is 5.32. The Bertz CT molecular complexity index is 837. The maximum Gasteiger partial charge on any atom is 0.264 e. The van der Waals surface area contributed by atoms with E-state index in [1.54, 1.807) is 49.4 Å². The molecule has 0 fully saturated rings. The number of likely N-dealkylation sites (N-methyl/N-ethyl adjacent to an activating group) is 1. The molecule has 126 valence electrons. The van der Waals surface area contributed by atoms with Gasteiger partial charge in [-0.05, 0) is 31.2 Å². The summed E-state index contributed by atoms with van der Waals surface area (Å²) in [6, 6.07) is 15.0. The van der Waals surface area contributed by atoms with E-state index in [1.165, 1.54) is 16.4 Å². The van der Waals surface area contributed by atoms with Gasteiger partial charge in [-0.3, -0.25) is 9.10 Å². The lowest BCUT2D eigenvalue weighted by Gasteiger charge is -2.34. The number of para-hydroxylation sites is 2. The van der Waals surface area contributed by atoms with E-state index in [4.69, 9.17) is 4.74 Å². The van der Waals surface area contributed by atoms with Crippen molar-refractivity contribution in [3.8, 4) is 5.75 Å². The lowest BCUT2D eigenvalue weighted by molar-refractivity contribution is -0.127. The van der Waals surface area contributed by atoms with E-state index in [0.29, 0.717) is 18.0 Å². The summed E-state index contributed by atoms with van der Waals surface area (Å²) in [6.07, 6.45) is -0.890. The molecule has 7 heteroatoms. The molecule has 1 atom stereocenters. The van der Waals surface area contributed by atoms with Crippen molar-refractivity contribution in [2.45, 2.75) is 17.9 Å². The number of amides is 1. The zero-order chi connectivity index (χ0) is 17.2. The Labute approximate surface area is 141 Å². The molecule has 0 spiro atoms. The molecule has 2 aromatic rings. The molecule has 24 heavy (non-hydrogen) atoms. The molecular formula is C17H18N2O4S. The first kappa shape index (κ1) is 16.3. The molecule has 3 rings (SSSR count). The first-order valence-electron chi connectivity index (χ1n) is 7.65. The van der Waals surface area contributed by atoms with Crippen LogP contribution in [0.15, 0.2) is 59.5 Å². The molecule has 0 aromatic heterocycles. The van der Waals surface area contributed by atoms with E-state index in [1.807, 2.05) is 0 Å². The summed E-state index contributed by atoms with van der Waals surface area (Å²) in [7, 11) is -3.78. The van der Waals surface area contributed by atoms with E-state index in [0.717, 1.165) is 0 Å². The maximum absolute atomic E-state index is 13.0.